The number of nitro groups is 1. The number of carbonyl (C=O) groups is 1. The molecule has 4 rings (SSSR count). The molecule has 0 atom stereocenters. The summed E-state index contributed by atoms with van der Waals surface area (Å²) in [6.07, 6.45) is 0. The molecule has 3 aromatic carbocycles. The number of benzene rings is 3. The Morgan fingerprint density at radius 3 is 2.41 bits per heavy atom. The van der Waals surface area contributed by atoms with Crippen LogP contribution in [0.15, 0.2) is 89.1 Å². The number of rotatable bonds is 10. The van der Waals surface area contributed by atoms with Gasteiger partial charge in [0.2, 0.25) is 0 Å². The summed E-state index contributed by atoms with van der Waals surface area (Å²) in [6.45, 7) is 4.21. The molecule has 0 bridgehead atoms. The maximum absolute atomic E-state index is 12.5. The highest BCUT2D eigenvalue weighted by Crippen LogP contribution is 2.28. The second kappa shape index (κ2) is 12.0. The molecule has 0 radical (unpaired) electrons. The van der Waals surface area contributed by atoms with Crippen molar-refractivity contribution in [3.8, 4) is 22.8 Å². The van der Waals surface area contributed by atoms with Gasteiger partial charge in [0.15, 0.2) is 11.0 Å². The minimum atomic E-state index is -0.468. The fourth-order valence-electron chi connectivity index (χ4n) is 3.43. The quantitative estimate of drug-likeness (QED) is 0.138. The molecule has 0 spiro atoms. The first-order valence-electron chi connectivity index (χ1n) is 11.4. The van der Waals surface area contributed by atoms with Crippen molar-refractivity contribution in [2.45, 2.75) is 19.0 Å². The zero-order chi connectivity index (χ0) is 26.2. The molecule has 37 heavy (non-hydrogen) atoms. The van der Waals surface area contributed by atoms with E-state index >= 15 is 0 Å². The molecular weight excluding hydrogens is 492 g/mol. The van der Waals surface area contributed by atoms with E-state index in [9.17, 15) is 14.9 Å². The number of nitrogens with one attached hydrogen (secondary N) is 1. The van der Waals surface area contributed by atoms with Gasteiger partial charge in [-0.2, -0.15) is 5.10 Å². The SMILES string of the molecule is CCOc1ccc(-n2c(SCC(=O)NN=C(C)c3ccc([N+](=O)[O-])cc3)nnc2-c2ccccc2)cc1. The van der Waals surface area contributed by atoms with Gasteiger partial charge in [-0.25, -0.2) is 5.43 Å². The lowest BCUT2D eigenvalue weighted by Crippen LogP contribution is -2.21. The number of non-ortho nitro benzene ring substituents is 1. The predicted octanol–water partition coefficient (Wildman–Crippen LogP) is 4.87. The average molecular weight is 517 g/mol. The molecule has 4 aromatic rings. The van der Waals surface area contributed by atoms with Gasteiger partial charge in [-0.3, -0.25) is 19.5 Å². The highest BCUT2D eigenvalue weighted by Gasteiger charge is 2.17. The number of aromatic nitrogens is 3. The molecule has 0 fully saturated rings. The number of nitrogens with zero attached hydrogens (tertiary/aromatic N) is 5. The Kier molecular flexibility index (Phi) is 8.26. The highest BCUT2D eigenvalue weighted by atomic mass is 32.2. The summed E-state index contributed by atoms with van der Waals surface area (Å²) in [7, 11) is 0. The Bertz CT molecular complexity index is 1400. The van der Waals surface area contributed by atoms with Gasteiger partial charge in [0.25, 0.3) is 11.6 Å². The number of ether oxygens (including phenoxy) is 1. The average Bonchev–Trinajstić information content (AvgIpc) is 3.35. The van der Waals surface area contributed by atoms with E-state index in [0.717, 1.165) is 17.0 Å². The molecule has 188 valence electrons. The number of thioether (sulfide) groups is 1. The van der Waals surface area contributed by atoms with Crippen LogP contribution in [0.1, 0.15) is 19.4 Å². The largest absolute Gasteiger partial charge is 0.494 e. The molecule has 0 aliphatic carbocycles. The van der Waals surface area contributed by atoms with E-state index < -0.39 is 4.92 Å². The summed E-state index contributed by atoms with van der Waals surface area (Å²) in [5.74, 6) is 1.14. The van der Waals surface area contributed by atoms with E-state index in [0.29, 0.717) is 28.9 Å². The van der Waals surface area contributed by atoms with Crippen LogP contribution in [0.5, 0.6) is 5.75 Å². The molecule has 1 amide bonds. The molecule has 0 aliphatic heterocycles. The Labute approximate surface area is 217 Å². The first kappa shape index (κ1) is 25.6. The first-order valence-corrected chi connectivity index (χ1v) is 12.4. The van der Waals surface area contributed by atoms with Crippen molar-refractivity contribution in [2.24, 2.45) is 5.10 Å². The standard InChI is InChI=1S/C26H24N6O4S/c1-3-36-23-15-13-21(14-16-23)31-25(20-7-5-4-6-8-20)29-30-26(31)37-17-24(33)28-27-18(2)19-9-11-22(12-10-19)32(34)35/h4-16H,3,17H2,1-2H3,(H,28,33). The van der Waals surface area contributed by atoms with Gasteiger partial charge in [0, 0.05) is 23.4 Å². The van der Waals surface area contributed by atoms with Gasteiger partial charge >= 0.3 is 0 Å². The third-order valence-electron chi connectivity index (χ3n) is 5.25. The summed E-state index contributed by atoms with van der Waals surface area (Å²) < 4.78 is 7.45. The van der Waals surface area contributed by atoms with E-state index in [4.69, 9.17) is 4.74 Å². The molecule has 0 saturated carbocycles. The minimum Gasteiger partial charge on any atom is -0.494 e. The van der Waals surface area contributed by atoms with Crippen LogP contribution in [0.4, 0.5) is 5.69 Å². The zero-order valence-corrected chi connectivity index (χ0v) is 21.0. The summed E-state index contributed by atoms with van der Waals surface area (Å²) in [4.78, 5) is 22.9. The molecule has 0 aliphatic rings. The van der Waals surface area contributed by atoms with Gasteiger partial charge in [-0.05, 0) is 55.8 Å². The molecule has 1 N–H and O–H groups in total. The first-order chi connectivity index (χ1) is 18.0. The minimum absolute atomic E-state index is 0.0106. The lowest BCUT2D eigenvalue weighted by atomic mass is 10.1. The van der Waals surface area contributed by atoms with Crippen LogP contribution in [-0.2, 0) is 4.79 Å². The van der Waals surface area contributed by atoms with Crippen molar-refractivity contribution < 1.29 is 14.5 Å². The van der Waals surface area contributed by atoms with E-state index in [-0.39, 0.29) is 17.3 Å². The molecule has 1 aromatic heterocycles. The van der Waals surface area contributed by atoms with Crippen molar-refractivity contribution in [3.05, 3.63) is 94.5 Å². The van der Waals surface area contributed by atoms with Crippen molar-refractivity contribution in [1.82, 2.24) is 20.2 Å². The monoisotopic (exact) mass is 516 g/mol. The van der Waals surface area contributed by atoms with Crippen molar-refractivity contribution in [2.75, 3.05) is 12.4 Å². The molecular formula is C26H24N6O4S. The normalized spacial score (nSPS) is 11.2. The lowest BCUT2D eigenvalue weighted by molar-refractivity contribution is -0.384. The number of hydrogen-bond acceptors (Lipinski definition) is 8. The second-order valence-electron chi connectivity index (χ2n) is 7.76. The van der Waals surface area contributed by atoms with E-state index in [1.165, 1.54) is 23.9 Å². The van der Waals surface area contributed by atoms with Gasteiger partial charge in [0.05, 0.1) is 23.0 Å². The molecule has 0 unspecified atom stereocenters. The van der Waals surface area contributed by atoms with Crippen molar-refractivity contribution in [1.29, 1.82) is 0 Å². The third kappa shape index (κ3) is 6.39. The van der Waals surface area contributed by atoms with Crippen LogP contribution in [0.3, 0.4) is 0 Å². The van der Waals surface area contributed by atoms with Crippen LogP contribution in [0.25, 0.3) is 17.1 Å². The van der Waals surface area contributed by atoms with Crippen LogP contribution in [-0.4, -0.2) is 43.7 Å². The van der Waals surface area contributed by atoms with Gasteiger partial charge < -0.3 is 4.74 Å². The van der Waals surface area contributed by atoms with E-state index in [1.54, 1.807) is 19.1 Å². The number of hydrogen-bond donors (Lipinski definition) is 1. The fraction of sp³-hybridized carbons (Fsp3) is 0.154. The Morgan fingerprint density at radius 1 is 1.05 bits per heavy atom. The Morgan fingerprint density at radius 2 is 1.76 bits per heavy atom. The Balaban J connectivity index is 1.49. The third-order valence-corrected chi connectivity index (χ3v) is 6.18. The lowest BCUT2D eigenvalue weighted by Gasteiger charge is -2.11. The van der Waals surface area contributed by atoms with Crippen LogP contribution in [0, 0.1) is 10.1 Å². The molecule has 10 nitrogen and oxygen atoms in total. The summed E-state index contributed by atoms with van der Waals surface area (Å²) in [5, 5.41) is 24.2. The van der Waals surface area contributed by atoms with E-state index in [1.807, 2.05) is 66.1 Å². The van der Waals surface area contributed by atoms with Gasteiger partial charge in [0.1, 0.15) is 5.75 Å². The predicted molar refractivity (Wildman–Crippen MR) is 142 cm³/mol. The zero-order valence-electron chi connectivity index (χ0n) is 20.2. The van der Waals surface area contributed by atoms with Crippen molar-refractivity contribution >= 4 is 29.1 Å². The topological polar surface area (TPSA) is 125 Å². The van der Waals surface area contributed by atoms with Gasteiger partial charge in [-0.1, -0.05) is 42.1 Å². The Hall–Kier alpha value is -4.51. The fourth-order valence-corrected chi connectivity index (χ4v) is 4.17. The number of amides is 1. The molecule has 0 saturated heterocycles. The maximum Gasteiger partial charge on any atom is 0.269 e. The van der Waals surface area contributed by atoms with E-state index in [2.05, 4.69) is 20.7 Å². The second-order valence-corrected chi connectivity index (χ2v) is 8.70. The van der Waals surface area contributed by atoms with Crippen LogP contribution in [0.2, 0.25) is 0 Å². The maximum atomic E-state index is 12.5. The molecule has 11 heteroatoms. The highest BCUT2D eigenvalue weighted by molar-refractivity contribution is 7.99. The number of nitro benzene ring substituents is 1. The number of carbonyl (C=O) groups excluding carboxylic acids is 1. The smallest absolute Gasteiger partial charge is 0.269 e. The van der Waals surface area contributed by atoms with Crippen molar-refractivity contribution in [3.63, 3.8) is 0 Å². The van der Waals surface area contributed by atoms with Crippen LogP contribution >= 0.6 is 11.8 Å². The summed E-state index contributed by atoms with van der Waals surface area (Å²) >= 11 is 1.23. The summed E-state index contributed by atoms with van der Waals surface area (Å²) in [5.41, 5.74) is 5.44. The van der Waals surface area contributed by atoms with Crippen LogP contribution < -0.4 is 10.2 Å². The van der Waals surface area contributed by atoms with Gasteiger partial charge in [-0.15, -0.1) is 10.2 Å². The molecule has 1 heterocycles. The summed E-state index contributed by atoms with van der Waals surface area (Å²) in [6, 6.07) is 23.2. The number of hydrazone groups is 1.